The maximum atomic E-state index is 11.8. The van der Waals surface area contributed by atoms with Gasteiger partial charge in [-0.1, -0.05) is 6.07 Å². The number of nitriles is 1. The Labute approximate surface area is 109 Å². The Balaban J connectivity index is 1.99. The molecule has 0 aliphatic carbocycles. The van der Waals surface area contributed by atoms with Crippen LogP contribution in [0.2, 0.25) is 0 Å². The highest BCUT2D eigenvalue weighted by Crippen LogP contribution is 2.20. The summed E-state index contributed by atoms with van der Waals surface area (Å²) in [5.41, 5.74) is 1.22. The van der Waals surface area contributed by atoms with Gasteiger partial charge in [0.05, 0.1) is 29.1 Å². The molecular weight excluding hydrogens is 246 g/mol. The van der Waals surface area contributed by atoms with Crippen LogP contribution in [0.5, 0.6) is 0 Å². The number of hydrogen-bond acceptors (Lipinski definition) is 4. The van der Waals surface area contributed by atoms with Crippen LogP contribution in [-0.4, -0.2) is 21.3 Å². The van der Waals surface area contributed by atoms with Gasteiger partial charge in [0.15, 0.2) is 5.78 Å². The van der Waals surface area contributed by atoms with E-state index >= 15 is 0 Å². The fourth-order valence-corrected chi connectivity index (χ4v) is 2.30. The zero-order chi connectivity index (χ0) is 13.0. The second-order valence-electron chi connectivity index (χ2n) is 3.75. The molecule has 0 aliphatic rings. The molecule has 0 amide bonds. The minimum atomic E-state index is 0.0375. The zero-order valence-electron chi connectivity index (χ0n) is 9.83. The number of ketones is 1. The van der Waals surface area contributed by atoms with E-state index in [1.807, 2.05) is 12.1 Å². The molecule has 5 heteroatoms. The Morgan fingerprint density at radius 3 is 3.06 bits per heavy atom. The van der Waals surface area contributed by atoms with Crippen molar-refractivity contribution in [2.45, 2.75) is 4.90 Å². The number of Topliss-reactive ketones (excluding diaryl/α,β-unsaturated/α-hetero) is 1. The minimum Gasteiger partial charge on any atom is -0.293 e. The molecule has 0 unspecified atom stereocenters. The Hall–Kier alpha value is -2.06. The van der Waals surface area contributed by atoms with Gasteiger partial charge in [-0.25, -0.2) is 0 Å². The average Bonchev–Trinajstić information content (AvgIpc) is 2.83. The van der Waals surface area contributed by atoms with Crippen molar-refractivity contribution in [2.24, 2.45) is 7.05 Å². The van der Waals surface area contributed by atoms with Crippen molar-refractivity contribution in [1.82, 2.24) is 9.78 Å². The van der Waals surface area contributed by atoms with Crippen LogP contribution in [-0.2, 0) is 7.05 Å². The first kappa shape index (κ1) is 12.4. The third kappa shape index (κ3) is 2.99. The van der Waals surface area contributed by atoms with Gasteiger partial charge in [0, 0.05) is 18.1 Å². The summed E-state index contributed by atoms with van der Waals surface area (Å²) in [4.78, 5) is 12.8. The summed E-state index contributed by atoms with van der Waals surface area (Å²) in [6, 6.07) is 9.31. The minimum absolute atomic E-state index is 0.0375. The van der Waals surface area contributed by atoms with Gasteiger partial charge in [-0.15, -0.1) is 11.8 Å². The lowest BCUT2D eigenvalue weighted by molar-refractivity contribution is 0.102. The maximum absolute atomic E-state index is 11.8. The van der Waals surface area contributed by atoms with Crippen LogP contribution >= 0.6 is 11.8 Å². The molecule has 0 atom stereocenters. The van der Waals surface area contributed by atoms with Gasteiger partial charge in [-0.05, 0) is 18.2 Å². The lowest BCUT2D eigenvalue weighted by Crippen LogP contribution is -2.00. The number of rotatable bonds is 4. The van der Waals surface area contributed by atoms with Gasteiger partial charge >= 0.3 is 0 Å². The number of aromatic nitrogens is 2. The van der Waals surface area contributed by atoms with Crippen molar-refractivity contribution in [2.75, 3.05) is 5.75 Å². The number of aryl methyl sites for hydroxylation is 1. The molecule has 0 N–H and O–H groups in total. The van der Waals surface area contributed by atoms with Gasteiger partial charge in [-0.3, -0.25) is 9.48 Å². The van der Waals surface area contributed by atoms with Gasteiger partial charge in [0.25, 0.3) is 0 Å². The summed E-state index contributed by atoms with van der Waals surface area (Å²) in [6.07, 6.45) is 3.27. The second-order valence-corrected chi connectivity index (χ2v) is 4.80. The molecule has 2 aromatic rings. The topological polar surface area (TPSA) is 58.7 Å². The lowest BCUT2D eigenvalue weighted by atomic mass is 10.2. The molecule has 0 bridgehead atoms. The number of nitrogens with zero attached hydrogens (tertiary/aromatic N) is 3. The van der Waals surface area contributed by atoms with Gasteiger partial charge < -0.3 is 0 Å². The van der Waals surface area contributed by atoms with E-state index in [1.54, 1.807) is 36.3 Å². The van der Waals surface area contributed by atoms with Crippen LogP contribution in [0.4, 0.5) is 0 Å². The third-order valence-corrected chi connectivity index (χ3v) is 3.35. The summed E-state index contributed by atoms with van der Waals surface area (Å²) in [6.45, 7) is 0. The van der Waals surface area contributed by atoms with Gasteiger partial charge in [-0.2, -0.15) is 10.4 Å². The fraction of sp³-hybridized carbons (Fsp3) is 0.154. The van der Waals surface area contributed by atoms with Crippen molar-refractivity contribution >= 4 is 17.5 Å². The van der Waals surface area contributed by atoms with Gasteiger partial charge in [0.2, 0.25) is 0 Å². The molecule has 2 rings (SSSR count). The van der Waals surface area contributed by atoms with Crippen molar-refractivity contribution < 1.29 is 4.79 Å². The standard InChI is InChI=1S/C13H11N3OS/c1-16-8-11(7-15-16)13(17)9-18-12-4-2-3-10(5-12)6-14/h2-5,7-8H,9H2,1H3. The van der Waals surface area contributed by atoms with E-state index in [0.29, 0.717) is 16.9 Å². The van der Waals surface area contributed by atoms with Crippen molar-refractivity contribution in [3.05, 3.63) is 47.8 Å². The number of carbonyl (C=O) groups is 1. The average molecular weight is 257 g/mol. The highest BCUT2D eigenvalue weighted by Gasteiger charge is 2.08. The monoisotopic (exact) mass is 257 g/mol. The first-order valence-electron chi connectivity index (χ1n) is 5.34. The SMILES string of the molecule is Cn1cc(C(=O)CSc2cccc(C#N)c2)cn1. The molecule has 18 heavy (non-hydrogen) atoms. The van der Waals surface area contributed by atoms with Crippen LogP contribution < -0.4 is 0 Å². The summed E-state index contributed by atoms with van der Waals surface area (Å²) in [5, 5.41) is 12.7. The molecule has 0 spiro atoms. The summed E-state index contributed by atoms with van der Waals surface area (Å²) >= 11 is 1.42. The fourth-order valence-electron chi connectivity index (χ4n) is 1.45. The molecule has 90 valence electrons. The van der Waals surface area contributed by atoms with Crippen LogP contribution in [0.3, 0.4) is 0 Å². The van der Waals surface area contributed by atoms with Crippen LogP contribution in [0.25, 0.3) is 0 Å². The Morgan fingerprint density at radius 2 is 2.39 bits per heavy atom. The number of thioether (sulfide) groups is 1. The molecule has 0 radical (unpaired) electrons. The summed E-state index contributed by atoms with van der Waals surface area (Å²) in [5.74, 6) is 0.385. The molecule has 0 fully saturated rings. The normalized spacial score (nSPS) is 10.0. The van der Waals surface area contributed by atoms with E-state index in [2.05, 4.69) is 11.2 Å². The molecule has 0 aliphatic heterocycles. The Kier molecular flexibility index (Phi) is 3.80. The van der Waals surface area contributed by atoms with Crippen molar-refractivity contribution in [3.63, 3.8) is 0 Å². The van der Waals surface area contributed by atoms with Gasteiger partial charge in [0.1, 0.15) is 0 Å². The highest BCUT2D eigenvalue weighted by molar-refractivity contribution is 8.00. The first-order chi connectivity index (χ1) is 8.69. The Morgan fingerprint density at radius 1 is 1.56 bits per heavy atom. The van der Waals surface area contributed by atoms with E-state index in [1.165, 1.54) is 11.8 Å². The summed E-state index contributed by atoms with van der Waals surface area (Å²) in [7, 11) is 1.78. The molecule has 1 aromatic heterocycles. The largest absolute Gasteiger partial charge is 0.293 e. The van der Waals surface area contributed by atoms with Crippen molar-refractivity contribution in [1.29, 1.82) is 5.26 Å². The molecule has 1 aromatic carbocycles. The number of hydrogen-bond donors (Lipinski definition) is 0. The Bertz CT molecular complexity index is 613. The van der Waals surface area contributed by atoms with E-state index in [0.717, 1.165) is 4.90 Å². The lowest BCUT2D eigenvalue weighted by Gasteiger charge is -2.00. The van der Waals surface area contributed by atoms with Crippen molar-refractivity contribution in [3.8, 4) is 6.07 Å². The summed E-state index contributed by atoms with van der Waals surface area (Å²) < 4.78 is 1.61. The highest BCUT2D eigenvalue weighted by atomic mass is 32.2. The van der Waals surface area contributed by atoms with E-state index in [-0.39, 0.29) is 5.78 Å². The first-order valence-corrected chi connectivity index (χ1v) is 6.32. The molecular formula is C13H11N3OS. The van der Waals surface area contributed by atoms with E-state index in [9.17, 15) is 4.79 Å². The maximum Gasteiger partial charge on any atom is 0.176 e. The molecule has 0 saturated carbocycles. The van der Waals surface area contributed by atoms with Crippen LogP contribution in [0.15, 0.2) is 41.6 Å². The quantitative estimate of drug-likeness (QED) is 0.622. The molecule has 1 heterocycles. The van der Waals surface area contributed by atoms with E-state index in [4.69, 9.17) is 5.26 Å². The van der Waals surface area contributed by atoms with Crippen LogP contribution in [0.1, 0.15) is 15.9 Å². The molecule has 0 saturated heterocycles. The number of carbonyl (C=O) groups excluding carboxylic acids is 1. The molecule has 4 nitrogen and oxygen atoms in total. The predicted octanol–water partition coefficient (Wildman–Crippen LogP) is 2.27. The van der Waals surface area contributed by atoms with E-state index < -0.39 is 0 Å². The zero-order valence-corrected chi connectivity index (χ0v) is 10.6. The predicted molar refractivity (Wildman–Crippen MR) is 69.4 cm³/mol. The van der Waals surface area contributed by atoms with Crippen LogP contribution in [0, 0.1) is 11.3 Å². The third-order valence-electron chi connectivity index (χ3n) is 2.36. The number of benzene rings is 1. The smallest absolute Gasteiger partial charge is 0.176 e. The second kappa shape index (κ2) is 5.52.